The number of anilines is 2. The number of ketones is 1. The number of ether oxygens (including phenoxy) is 1. The van der Waals surface area contributed by atoms with Crippen LogP contribution >= 0.6 is 22.9 Å². The summed E-state index contributed by atoms with van der Waals surface area (Å²) in [5, 5.41) is 7.67. The molecule has 2 aliphatic heterocycles. The predicted molar refractivity (Wildman–Crippen MR) is 158 cm³/mol. The first kappa shape index (κ1) is 27.5. The van der Waals surface area contributed by atoms with Crippen LogP contribution in [0.15, 0.2) is 24.5 Å². The number of piperidine rings is 1. The van der Waals surface area contributed by atoms with Gasteiger partial charge in [0, 0.05) is 58.1 Å². The van der Waals surface area contributed by atoms with E-state index in [0.717, 1.165) is 36.3 Å². The molecule has 216 valence electrons. The number of nitrogens with zero attached hydrogens (tertiary/aromatic N) is 5. The van der Waals surface area contributed by atoms with E-state index in [1.165, 1.54) is 17.7 Å². The lowest BCUT2D eigenvalue weighted by atomic mass is 9.96. The summed E-state index contributed by atoms with van der Waals surface area (Å²) in [6.45, 7) is 4.01. The summed E-state index contributed by atoms with van der Waals surface area (Å²) in [5.74, 6) is 0.898. The van der Waals surface area contributed by atoms with Crippen LogP contribution in [0.5, 0.6) is 5.75 Å². The van der Waals surface area contributed by atoms with Crippen LogP contribution < -0.4 is 20.7 Å². The quantitative estimate of drug-likeness (QED) is 0.440. The largest absolute Gasteiger partial charge is 0.489 e. The molecular formula is C28H32ClN7O4S. The van der Waals surface area contributed by atoms with Crippen LogP contribution in [0.4, 0.5) is 11.5 Å². The smallest absolute Gasteiger partial charge is 0.265 e. The molecule has 13 heteroatoms. The maximum atomic E-state index is 13.4. The standard InChI is InChI=1S/C28H32ClN7O4S/c1-16(37)34-10-8-17(13-34)21-11-22(25-27(30)31-15-32-36(21)25)35-9-2-3-18(14-35)33-28(39)26-23(12-24(29)41-26)40-20-6-4-19(38)5-7-20/h8,11-12,15,18,20H,2-7,9-10,13-14H2,1H3,(H,33,39)(H2,30,31,32)/t18-/m1/s1. The summed E-state index contributed by atoms with van der Waals surface area (Å²) in [4.78, 5) is 45.6. The topological polar surface area (TPSA) is 135 Å². The second-order valence-corrected chi connectivity index (χ2v) is 12.5. The fourth-order valence-corrected chi connectivity index (χ4v) is 6.92. The van der Waals surface area contributed by atoms with Crippen molar-refractivity contribution in [1.29, 1.82) is 0 Å². The summed E-state index contributed by atoms with van der Waals surface area (Å²) in [7, 11) is 0. The number of halogens is 1. The van der Waals surface area contributed by atoms with Crippen molar-refractivity contribution < 1.29 is 19.1 Å². The van der Waals surface area contributed by atoms with Crippen molar-refractivity contribution in [3.8, 4) is 5.75 Å². The van der Waals surface area contributed by atoms with Crippen molar-refractivity contribution in [3.63, 3.8) is 0 Å². The SMILES string of the molecule is CC(=O)N1CC=C(c2cc(N3CCC[C@@H](NC(=O)c4sc(Cl)cc4OC4CCC(=O)CC4)C3)c3c(N)ncnn23)C1. The minimum Gasteiger partial charge on any atom is -0.489 e. The second kappa shape index (κ2) is 11.3. The average Bonchev–Trinajstić information content (AvgIpc) is 3.68. The summed E-state index contributed by atoms with van der Waals surface area (Å²) in [6, 6.07) is 3.63. The Bertz CT molecular complexity index is 1540. The number of nitrogen functional groups attached to an aromatic ring is 1. The highest BCUT2D eigenvalue weighted by Gasteiger charge is 2.30. The van der Waals surface area contributed by atoms with E-state index in [-0.39, 0.29) is 29.7 Å². The molecule has 1 saturated heterocycles. The highest BCUT2D eigenvalue weighted by Crippen LogP contribution is 2.37. The molecule has 0 aromatic carbocycles. The van der Waals surface area contributed by atoms with E-state index >= 15 is 0 Å². The van der Waals surface area contributed by atoms with Gasteiger partial charge in [-0.05, 0) is 37.3 Å². The van der Waals surface area contributed by atoms with Crippen LogP contribution in [-0.2, 0) is 9.59 Å². The van der Waals surface area contributed by atoms with Crippen LogP contribution in [0.2, 0.25) is 4.34 Å². The van der Waals surface area contributed by atoms with E-state index in [1.54, 1.807) is 22.4 Å². The Morgan fingerprint density at radius 1 is 1.22 bits per heavy atom. The van der Waals surface area contributed by atoms with Crippen molar-refractivity contribution in [2.24, 2.45) is 0 Å². The number of fused-ring (bicyclic) bond motifs is 1. The lowest BCUT2D eigenvalue weighted by molar-refractivity contribution is -0.127. The number of amides is 2. The van der Waals surface area contributed by atoms with Crippen LogP contribution in [0.3, 0.4) is 0 Å². The van der Waals surface area contributed by atoms with Crippen LogP contribution in [0, 0.1) is 0 Å². The number of hydrogen-bond donors (Lipinski definition) is 2. The van der Waals surface area contributed by atoms with Crippen LogP contribution in [0.25, 0.3) is 11.1 Å². The van der Waals surface area contributed by atoms with Gasteiger partial charge in [-0.25, -0.2) is 9.50 Å². The number of Topliss-reactive ketones (excluding diaryl/α,β-unsaturated/α-hetero) is 1. The monoisotopic (exact) mass is 597 g/mol. The first-order valence-corrected chi connectivity index (χ1v) is 15.1. The van der Waals surface area contributed by atoms with E-state index < -0.39 is 0 Å². The molecule has 1 saturated carbocycles. The van der Waals surface area contributed by atoms with E-state index in [9.17, 15) is 14.4 Å². The summed E-state index contributed by atoms with van der Waals surface area (Å²) < 4.78 is 8.41. The van der Waals surface area contributed by atoms with Gasteiger partial charge in [-0.2, -0.15) is 5.10 Å². The highest BCUT2D eigenvalue weighted by molar-refractivity contribution is 7.18. The van der Waals surface area contributed by atoms with Gasteiger partial charge < -0.3 is 25.6 Å². The molecule has 11 nitrogen and oxygen atoms in total. The van der Waals surface area contributed by atoms with Gasteiger partial charge in [0.2, 0.25) is 5.91 Å². The molecule has 0 radical (unpaired) electrons. The van der Waals surface area contributed by atoms with Crippen molar-refractivity contribution >= 4 is 63.1 Å². The molecule has 0 spiro atoms. The van der Waals surface area contributed by atoms with Gasteiger partial charge in [-0.15, -0.1) is 11.3 Å². The Balaban J connectivity index is 1.20. The van der Waals surface area contributed by atoms with Gasteiger partial charge in [-0.3, -0.25) is 14.4 Å². The van der Waals surface area contributed by atoms with Gasteiger partial charge in [-0.1, -0.05) is 17.7 Å². The third-order valence-corrected chi connectivity index (χ3v) is 9.26. The van der Waals surface area contributed by atoms with Gasteiger partial charge in [0.25, 0.3) is 5.91 Å². The zero-order chi connectivity index (χ0) is 28.7. The normalized spacial score (nSPS) is 20.0. The molecule has 0 bridgehead atoms. The molecular weight excluding hydrogens is 566 g/mol. The summed E-state index contributed by atoms with van der Waals surface area (Å²) in [6.07, 6.45) is 7.37. The number of nitrogens with two attached hydrogens (primary N) is 1. The molecule has 3 N–H and O–H groups in total. The third-order valence-electron chi connectivity index (χ3n) is 8.01. The third kappa shape index (κ3) is 5.62. The molecule has 41 heavy (non-hydrogen) atoms. The summed E-state index contributed by atoms with van der Waals surface area (Å²) >= 11 is 7.49. The zero-order valence-corrected chi connectivity index (χ0v) is 24.3. The Morgan fingerprint density at radius 2 is 2.02 bits per heavy atom. The molecule has 3 aromatic heterocycles. The minimum atomic E-state index is -0.221. The van der Waals surface area contributed by atoms with Gasteiger partial charge >= 0.3 is 0 Å². The Labute approximate surface area is 246 Å². The first-order valence-electron chi connectivity index (χ1n) is 13.9. The maximum absolute atomic E-state index is 13.4. The number of nitrogens with one attached hydrogen (secondary N) is 1. The van der Waals surface area contributed by atoms with Crippen molar-refractivity contribution in [1.82, 2.24) is 24.8 Å². The Kier molecular flexibility index (Phi) is 7.60. The van der Waals surface area contributed by atoms with Crippen LogP contribution in [0.1, 0.15) is 60.8 Å². The van der Waals surface area contributed by atoms with E-state index in [0.29, 0.717) is 71.6 Å². The first-order chi connectivity index (χ1) is 19.8. The molecule has 5 heterocycles. The van der Waals surface area contributed by atoms with Crippen LogP contribution in [-0.4, -0.2) is 75.4 Å². The Hall–Kier alpha value is -3.64. The lowest BCUT2D eigenvalue weighted by Gasteiger charge is -2.34. The predicted octanol–water partition coefficient (Wildman–Crippen LogP) is 3.56. The van der Waals surface area contributed by atoms with Gasteiger partial charge in [0.1, 0.15) is 28.3 Å². The number of carbonyl (C=O) groups is 3. The number of carbonyl (C=O) groups excluding carboxylic acids is 3. The molecule has 2 amide bonds. The molecule has 0 unspecified atom stereocenters. The number of hydrogen-bond acceptors (Lipinski definition) is 9. The summed E-state index contributed by atoms with van der Waals surface area (Å²) in [5.41, 5.74) is 9.84. The lowest BCUT2D eigenvalue weighted by Crippen LogP contribution is -2.47. The van der Waals surface area contributed by atoms with Crippen molar-refractivity contribution in [2.45, 2.75) is 57.6 Å². The molecule has 3 aliphatic rings. The maximum Gasteiger partial charge on any atom is 0.265 e. The number of thiophene rings is 1. The fourth-order valence-electron chi connectivity index (χ4n) is 5.87. The second-order valence-electron chi connectivity index (χ2n) is 10.8. The van der Waals surface area contributed by atoms with E-state index in [2.05, 4.69) is 26.4 Å². The van der Waals surface area contributed by atoms with Crippen molar-refractivity contribution in [2.75, 3.05) is 36.8 Å². The molecule has 1 aliphatic carbocycles. The molecule has 2 fully saturated rings. The zero-order valence-electron chi connectivity index (χ0n) is 22.8. The van der Waals surface area contributed by atoms with Crippen molar-refractivity contribution in [3.05, 3.63) is 39.4 Å². The molecule has 1 atom stereocenters. The molecule has 6 rings (SSSR count). The Morgan fingerprint density at radius 3 is 2.78 bits per heavy atom. The van der Waals surface area contributed by atoms with E-state index in [1.807, 2.05) is 6.08 Å². The van der Waals surface area contributed by atoms with Gasteiger partial charge in [0.05, 0.1) is 21.8 Å². The average molecular weight is 598 g/mol. The minimum absolute atomic E-state index is 0.0236. The highest BCUT2D eigenvalue weighted by atomic mass is 35.5. The van der Waals surface area contributed by atoms with E-state index in [4.69, 9.17) is 22.1 Å². The molecule has 3 aromatic rings. The van der Waals surface area contributed by atoms with Gasteiger partial charge in [0.15, 0.2) is 5.82 Å². The number of aromatic nitrogens is 3. The number of rotatable bonds is 6. The fraction of sp³-hybridized carbons (Fsp3) is 0.464.